The van der Waals surface area contributed by atoms with Crippen molar-refractivity contribution in [1.29, 1.82) is 0 Å². The van der Waals surface area contributed by atoms with Crippen LogP contribution in [0.1, 0.15) is 20.9 Å². The van der Waals surface area contributed by atoms with Crippen LogP contribution in [-0.4, -0.2) is 16.0 Å². The van der Waals surface area contributed by atoms with E-state index in [-0.39, 0.29) is 32.2 Å². The third kappa shape index (κ3) is 2.81. The van der Waals surface area contributed by atoms with Gasteiger partial charge >= 0.3 is 17.5 Å². The maximum Gasteiger partial charge on any atom is 0.438 e. The van der Waals surface area contributed by atoms with Gasteiger partial charge in [0.25, 0.3) is 5.78 Å². The molecule has 0 saturated carbocycles. The highest BCUT2D eigenvalue weighted by Crippen LogP contribution is 2.44. The van der Waals surface area contributed by atoms with Crippen LogP contribution in [0.2, 0.25) is 0 Å². The largest absolute Gasteiger partial charge is 0.438 e. The highest BCUT2D eigenvalue weighted by Gasteiger charge is 2.38. The summed E-state index contributed by atoms with van der Waals surface area (Å²) in [7, 11) is 1.36. The molecule has 3 N–H and O–H groups in total. The zero-order valence-corrected chi connectivity index (χ0v) is 15.6. The van der Waals surface area contributed by atoms with Crippen LogP contribution in [0, 0.1) is 0 Å². The Morgan fingerprint density at radius 3 is 2.71 bits per heavy atom. The van der Waals surface area contributed by atoms with Gasteiger partial charge in [-0.3, -0.25) is 9.32 Å². The molecule has 0 amide bonds. The second-order valence-electron chi connectivity index (χ2n) is 5.77. The van der Waals surface area contributed by atoms with Gasteiger partial charge in [-0.1, -0.05) is 10.7 Å². The predicted molar refractivity (Wildman–Crippen MR) is 96.3 cm³/mol. The number of anilines is 1. The van der Waals surface area contributed by atoms with E-state index in [2.05, 4.69) is 14.8 Å². The number of H-pyrrole nitrogens is 1. The quantitative estimate of drug-likeness (QED) is 0.386. The van der Waals surface area contributed by atoms with Crippen LogP contribution in [0.3, 0.4) is 0 Å². The Morgan fingerprint density at radius 2 is 2.14 bits per heavy atom. The number of thiophene rings is 2. The Bertz CT molecular complexity index is 1270. The molecular formula is C16H10F3N4O3S2+. The molecule has 0 fully saturated rings. The van der Waals surface area contributed by atoms with Crippen molar-refractivity contribution >= 4 is 44.4 Å². The van der Waals surface area contributed by atoms with Gasteiger partial charge in [0.15, 0.2) is 7.05 Å². The number of carbonyl (C=O) groups excluding carboxylic acids is 1. The summed E-state index contributed by atoms with van der Waals surface area (Å²) in [5, 5.41) is 3.54. The number of halogens is 3. The summed E-state index contributed by atoms with van der Waals surface area (Å²) < 4.78 is 46.7. The number of aromatic amines is 1. The molecule has 4 aromatic heterocycles. The van der Waals surface area contributed by atoms with E-state index in [1.54, 1.807) is 17.5 Å². The number of hydrogen-bond acceptors (Lipinski definition) is 7. The highest BCUT2D eigenvalue weighted by atomic mass is 32.1. The van der Waals surface area contributed by atoms with E-state index in [4.69, 9.17) is 5.73 Å². The SMILES string of the molecule is C[n+]1[nH]oc(=O)c1C(=O)c1sc2nc(-c3cccs3)cc(C(F)(F)F)c2c1N. The third-order valence-electron chi connectivity index (χ3n) is 4.00. The van der Waals surface area contributed by atoms with Gasteiger partial charge in [0.05, 0.1) is 21.8 Å². The molecule has 0 saturated heterocycles. The number of nitrogen functional groups attached to an aromatic ring is 1. The molecule has 28 heavy (non-hydrogen) atoms. The number of nitrogens with zero attached hydrogens (tertiary/aromatic N) is 2. The van der Waals surface area contributed by atoms with E-state index in [0.717, 1.165) is 10.7 Å². The maximum absolute atomic E-state index is 13.7. The first-order valence-corrected chi connectivity index (χ1v) is 9.34. The fraction of sp³-hybridized carbons (Fsp3) is 0.125. The van der Waals surface area contributed by atoms with Crippen molar-refractivity contribution in [3.63, 3.8) is 0 Å². The lowest BCUT2D eigenvalue weighted by Crippen LogP contribution is -2.39. The molecule has 0 bridgehead atoms. The van der Waals surface area contributed by atoms with Crippen LogP contribution in [0.5, 0.6) is 0 Å². The summed E-state index contributed by atoms with van der Waals surface area (Å²) >= 11 is 1.94. The van der Waals surface area contributed by atoms with Gasteiger partial charge in [0.2, 0.25) is 0 Å². The summed E-state index contributed by atoms with van der Waals surface area (Å²) in [5.41, 5.74) is 3.34. The molecule has 0 aromatic carbocycles. The maximum atomic E-state index is 13.7. The number of ketones is 1. The fourth-order valence-corrected chi connectivity index (χ4v) is 4.50. The fourth-order valence-electron chi connectivity index (χ4n) is 2.76. The summed E-state index contributed by atoms with van der Waals surface area (Å²) in [6.45, 7) is 0. The Hall–Kier alpha value is -2.99. The zero-order chi connectivity index (χ0) is 20.2. The lowest BCUT2D eigenvalue weighted by molar-refractivity contribution is -0.741. The van der Waals surface area contributed by atoms with Crippen LogP contribution in [0.4, 0.5) is 18.9 Å². The van der Waals surface area contributed by atoms with E-state index in [9.17, 15) is 22.8 Å². The normalized spacial score (nSPS) is 12.0. The van der Waals surface area contributed by atoms with Gasteiger partial charge < -0.3 is 5.73 Å². The van der Waals surface area contributed by atoms with Gasteiger partial charge in [-0.25, -0.2) is 9.78 Å². The molecule has 0 aliphatic carbocycles. The number of pyridine rings is 1. The van der Waals surface area contributed by atoms with E-state index in [0.29, 0.717) is 16.2 Å². The summed E-state index contributed by atoms with van der Waals surface area (Å²) in [6, 6.07) is 4.26. The van der Waals surface area contributed by atoms with Gasteiger partial charge in [0.1, 0.15) is 9.71 Å². The van der Waals surface area contributed by atoms with Crippen molar-refractivity contribution in [2.75, 3.05) is 5.73 Å². The van der Waals surface area contributed by atoms with E-state index < -0.39 is 23.1 Å². The van der Waals surface area contributed by atoms with Gasteiger partial charge in [-0.05, 0) is 22.8 Å². The molecule has 12 heteroatoms. The number of hydrogen-bond donors (Lipinski definition) is 2. The number of nitrogens with one attached hydrogen (secondary N) is 1. The van der Waals surface area contributed by atoms with Crippen LogP contribution < -0.4 is 16.0 Å². The molecule has 7 nitrogen and oxygen atoms in total. The molecular weight excluding hydrogens is 417 g/mol. The summed E-state index contributed by atoms with van der Waals surface area (Å²) in [4.78, 5) is 29.0. The zero-order valence-electron chi connectivity index (χ0n) is 14.0. The number of aryl methyl sites for hydroxylation is 1. The molecule has 0 unspecified atom stereocenters. The van der Waals surface area contributed by atoms with Crippen LogP contribution in [0.15, 0.2) is 32.9 Å². The topological polar surface area (TPSA) is 106 Å². The van der Waals surface area contributed by atoms with E-state index >= 15 is 0 Å². The van der Waals surface area contributed by atoms with Crippen molar-refractivity contribution in [3.8, 4) is 10.6 Å². The molecule has 0 aliphatic rings. The first-order chi connectivity index (χ1) is 13.2. The highest BCUT2D eigenvalue weighted by molar-refractivity contribution is 7.21. The number of nitrogens with two attached hydrogens (primary N) is 1. The lowest BCUT2D eigenvalue weighted by atomic mass is 10.1. The Labute approximate surface area is 161 Å². The Morgan fingerprint density at radius 1 is 1.39 bits per heavy atom. The molecule has 4 heterocycles. The molecule has 144 valence electrons. The van der Waals surface area contributed by atoms with Crippen molar-refractivity contribution in [3.05, 3.63) is 50.1 Å². The van der Waals surface area contributed by atoms with E-state index in [1.807, 2.05) is 0 Å². The van der Waals surface area contributed by atoms with Crippen LogP contribution >= 0.6 is 22.7 Å². The first kappa shape index (κ1) is 18.4. The lowest BCUT2D eigenvalue weighted by Gasteiger charge is -2.10. The average Bonchev–Trinajstić information content (AvgIpc) is 3.33. The minimum Gasteiger partial charge on any atom is -0.397 e. The third-order valence-corrected chi connectivity index (χ3v) is 5.99. The van der Waals surface area contributed by atoms with Crippen molar-refractivity contribution < 1.29 is 27.2 Å². The van der Waals surface area contributed by atoms with Crippen molar-refractivity contribution in [1.82, 2.24) is 10.3 Å². The predicted octanol–water partition coefficient (Wildman–Crippen LogP) is 2.96. The second-order valence-corrected chi connectivity index (χ2v) is 7.72. The molecule has 4 aromatic rings. The number of aromatic nitrogens is 3. The second kappa shape index (κ2) is 6.27. The average molecular weight is 427 g/mol. The Kier molecular flexibility index (Phi) is 4.12. The monoisotopic (exact) mass is 427 g/mol. The number of carbonyl (C=O) groups is 1. The minimum atomic E-state index is -4.71. The van der Waals surface area contributed by atoms with Gasteiger partial charge in [-0.15, -0.1) is 22.7 Å². The van der Waals surface area contributed by atoms with E-state index in [1.165, 1.54) is 18.4 Å². The molecule has 0 radical (unpaired) electrons. The van der Waals surface area contributed by atoms with Crippen molar-refractivity contribution in [2.45, 2.75) is 6.18 Å². The summed E-state index contributed by atoms with van der Waals surface area (Å²) in [5.74, 6) is -0.844. The van der Waals surface area contributed by atoms with Gasteiger partial charge in [-0.2, -0.15) is 13.2 Å². The Balaban J connectivity index is 2.00. The molecule has 0 aliphatic heterocycles. The number of alkyl halides is 3. The number of rotatable bonds is 3. The molecule has 0 spiro atoms. The molecule has 4 rings (SSSR count). The standard InChI is InChI=1S/C16H9F3N4O3S2/c1-23-11(15(25)26-22-23)12(24)13-10(20)9-6(16(17,18)19)5-7(21-14(9)28-13)8-3-2-4-27-8/h2-5H,1H3,(H2-,20,22,24,25)/p+1. The summed E-state index contributed by atoms with van der Waals surface area (Å²) in [6.07, 6.45) is -4.71. The van der Waals surface area contributed by atoms with Gasteiger partial charge in [0, 0.05) is 5.39 Å². The smallest absolute Gasteiger partial charge is 0.397 e. The van der Waals surface area contributed by atoms with Crippen molar-refractivity contribution in [2.24, 2.45) is 7.05 Å². The first-order valence-electron chi connectivity index (χ1n) is 7.64. The molecule has 0 atom stereocenters. The van der Waals surface area contributed by atoms with Crippen LogP contribution in [0.25, 0.3) is 20.8 Å². The minimum absolute atomic E-state index is 0.0401. The number of fused-ring (bicyclic) bond motifs is 1. The van der Waals surface area contributed by atoms with Crippen LogP contribution in [-0.2, 0) is 13.2 Å².